The molecule has 26 heavy (non-hydrogen) atoms. The molecule has 3 aliphatic rings. The molecule has 1 aliphatic carbocycles. The van der Waals surface area contributed by atoms with E-state index in [2.05, 4.69) is 22.0 Å². The van der Waals surface area contributed by atoms with Crippen molar-refractivity contribution in [3.63, 3.8) is 0 Å². The van der Waals surface area contributed by atoms with Crippen molar-refractivity contribution in [3.8, 4) is 0 Å². The molecule has 3 fully saturated rings. The highest BCUT2D eigenvalue weighted by Crippen LogP contribution is 2.45. The third-order valence-corrected chi connectivity index (χ3v) is 6.46. The van der Waals surface area contributed by atoms with Crippen LogP contribution in [0.2, 0.25) is 0 Å². The van der Waals surface area contributed by atoms with Gasteiger partial charge in [-0.15, -0.1) is 0 Å². The normalized spacial score (nSPS) is 32.8. The maximum atomic E-state index is 12.6. The van der Waals surface area contributed by atoms with Gasteiger partial charge in [0.05, 0.1) is 13.2 Å². The minimum Gasteiger partial charge on any atom is -0.379 e. The van der Waals surface area contributed by atoms with Gasteiger partial charge in [0.15, 0.2) is 0 Å². The number of carbonyl (C=O) groups is 2. The molecule has 4 atom stereocenters. The van der Waals surface area contributed by atoms with Gasteiger partial charge in [-0.3, -0.25) is 14.5 Å². The van der Waals surface area contributed by atoms with Gasteiger partial charge < -0.3 is 15.0 Å². The highest BCUT2D eigenvalue weighted by Gasteiger charge is 2.50. The van der Waals surface area contributed by atoms with Crippen LogP contribution < -0.4 is 5.32 Å². The van der Waals surface area contributed by atoms with Crippen molar-refractivity contribution in [2.24, 2.45) is 23.2 Å². The summed E-state index contributed by atoms with van der Waals surface area (Å²) >= 11 is 0. The van der Waals surface area contributed by atoms with Crippen LogP contribution in [0.5, 0.6) is 0 Å². The Balaban J connectivity index is 1.55. The number of nitrogens with zero attached hydrogens (tertiary/aromatic N) is 2. The Bertz CT molecular complexity index is 525. The Hall–Kier alpha value is -1.14. The predicted octanol–water partition coefficient (Wildman–Crippen LogP) is 1.35. The fourth-order valence-corrected chi connectivity index (χ4v) is 4.78. The molecule has 2 amide bonds. The van der Waals surface area contributed by atoms with E-state index in [1.165, 1.54) is 0 Å². The molecule has 148 valence electrons. The molecule has 0 aromatic rings. The van der Waals surface area contributed by atoms with Crippen LogP contribution >= 0.6 is 0 Å². The highest BCUT2D eigenvalue weighted by atomic mass is 16.5. The van der Waals surface area contributed by atoms with Crippen LogP contribution in [0.1, 0.15) is 40.5 Å². The Kier molecular flexibility index (Phi) is 5.92. The van der Waals surface area contributed by atoms with Gasteiger partial charge in [-0.2, -0.15) is 0 Å². The van der Waals surface area contributed by atoms with Crippen molar-refractivity contribution in [2.75, 3.05) is 45.9 Å². The summed E-state index contributed by atoms with van der Waals surface area (Å²) in [7, 11) is 0. The number of hydrogen-bond donors (Lipinski definition) is 1. The average Bonchev–Trinajstić information content (AvgIpc) is 3.04. The second-order valence-corrected chi connectivity index (χ2v) is 9.31. The van der Waals surface area contributed by atoms with Crippen LogP contribution in [0.4, 0.5) is 0 Å². The molecule has 2 saturated heterocycles. The molecular weight excluding hydrogens is 330 g/mol. The molecule has 0 bridgehead atoms. The fourth-order valence-electron chi connectivity index (χ4n) is 4.78. The van der Waals surface area contributed by atoms with Crippen LogP contribution in [0.25, 0.3) is 0 Å². The topological polar surface area (TPSA) is 61.9 Å². The Morgan fingerprint density at radius 2 is 1.92 bits per heavy atom. The van der Waals surface area contributed by atoms with Crippen molar-refractivity contribution in [1.29, 1.82) is 0 Å². The summed E-state index contributed by atoms with van der Waals surface area (Å²) in [6, 6.07) is 0.357. The second-order valence-electron chi connectivity index (χ2n) is 9.31. The van der Waals surface area contributed by atoms with Gasteiger partial charge in [-0.1, -0.05) is 27.7 Å². The van der Waals surface area contributed by atoms with E-state index < -0.39 is 0 Å². The summed E-state index contributed by atoms with van der Waals surface area (Å²) in [5.41, 5.74) is -0.364. The Labute approximate surface area is 157 Å². The smallest absolute Gasteiger partial charge is 0.225 e. The molecule has 0 aromatic heterocycles. The third-order valence-electron chi connectivity index (χ3n) is 6.46. The van der Waals surface area contributed by atoms with Crippen LogP contribution in [-0.2, 0) is 14.3 Å². The SMILES string of the molecule is C[C@H]1C[C@@H]2[C@@H](CC(=O)N2CCN2CCOCC2)[C@@H]1CNC(=O)C(C)(C)C. The molecule has 1 saturated carbocycles. The second kappa shape index (κ2) is 7.85. The van der Waals surface area contributed by atoms with Crippen LogP contribution in [0.3, 0.4) is 0 Å². The summed E-state index contributed by atoms with van der Waals surface area (Å²) in [5.74, 6) is 1.74. The van der Waals surface area contributed by atoms with Gasteiger partial charge >= 0.3 is 0 Å². The molecule has 0 unspecified atom stereocenters. The quantitative estimate of drug-likeness (QED) is 0.799. The molecule has 0 spiro atoms. The average molecular weight is 366 g/mol. The summed E-state index contributed by atoms with van der Waals surface area (Å²) in [4.78, 5) is 29.3. The number of carbonyl (C=O) groups excluding carboxylic acids is 2. The molecule has 1 N–H and O–H groups in total. The monoisotopic (exact) mass is 365 g/mol. The van der Waals surface area contributed by atoms with Crippen molar-refractivity contribution >= 4 is 11.8 Å². The molecule has 0 aromatic carbocycles. The van der Waals surface area contributed by atoms with Gasteiger partial charge in [-0.25, -0.2) is 0 Å². The van der Waals surface area contributed by atoms with E-state index in [4.69, 9.17) is 4.74 Å². The summed E-state index contributed by atoms with van der Waals surface area (Å²) in [6.07, 6.45) is 1.71. The minimum atomic E-state index is -0.364. The number of nitrogens with one attached hydrogen (secondary N) is 1. The maximum Gasteiger partial charge on any atom is 0.225 e. The van der Waals surface area contributed by atoms with Crippen molar-refractivity contribution in [2.45, 2.75) is 46.6 Å². The zero-order valence-electron chi connectivity index (χ0n) is 16.8. The molecule has 2 aliphatic heterocycles. The fraction of sp³-hybridized carbons (Fsp3) is 0.900. The lowest BCUT2D eigenvalue weighted by Crippen LogP contribution is -2.44. The van der Waals surface area contributed by atoms with E-state index in [0.717, 1.165) is 45.8 Å². The largest absolute Gasteiger partial charge is 0.379 e. The number of hydrogen-bond acceptors (Lipinski definition) is 4. The van der Waals surface area contributed by atoms with Gasteiger partial charge in [-0.05, 0) is 24.2 Å². The lowest BCUT2D eigenvalue weighted by molar-refractivity contribution is -0.129. The van der Waals surface area contributed by atoms with Gasteiger partial charge in [0.25, 0.3) is 0 Å². The standard InChI is InChI=1S/C20H35N3O3/c1-14-11-17-15(16(14)13-21-19(25)20(2,3)4)12-18(24)23(17)6-5-22-7-9-26-10-8-22/h14-17H,5-13H2,1-4H3,(H,21,25)/t14-,15-,16+,17+/m0/s1. The van der Waals surface area contributed by atoms with E-state index in [1.54, 1.807) is 0 Å². The summed E-state index contributed by atoms with van der Waals surface area (Å²) < 4.78 is 5.40. The lowest BCUT2D eigenvalue weighted by atomic mass is 9.88. The van der Waals surface area contributed by atoms with E-state index in [1.807, 2.05) is 20.8 Å². The van der Waals surface area contributed by atoms with Crippen molar-refractivity contribution in [3.05, 3.63) is 0 Å². The zero-order chi connectivity index (χ0) is 18.9. The third kappa shape index (κ3) is 4.22. The summed E-state index contributed by atoms with van der Waals surface area (Å²) in [5, 5.41) is 3.13. The van der Waals surface area contributed by atoms with Crippen molar-refractivity contribution in [1.82, 2.24) is 15.1 Å². The maximum absolute atomic E-state index is 12.6. The van der Waals surface area contributed by atoms with E-state index in [9.17, 15) is 9.59 Å². The molecule has 6 heteroatoms. The van der Waals surface area contributed by atoms with Crippen LogP contribution in [-0.4, -0.2) is 73.6 Å². The van der Waals surface area contributed by atoms with E-state index in [0.29, 0.717) is 42.7 Å². The van der Waals surface area contributed by atoms with Gasteiger partial charge in [0.2, 0.25) is 11.8 Å². The molecule has 0 radical (unpaired) electrons. The Morgan fingerprint density at radius 1 is 1.23 bits per heavy atom. The van der Waals surface area contributed by atoms with Crippen LogP contribution in [0.15, 0.2) is 0 Å². The number of ether oxygens (including phenoxy) is 1. The summed E-state index contributed by atoms with van der Waals surface area (Å²) in [6.45, 7) is 14.1. The molecular formula is C20H35N3O3. The Morgan fingerprint density at radius 3 is 2.58 bits per heavy atom. The first-order valence-corrected chi connectivity index (χ1v) is 10.1. The van der Waals surface area contributed by atoms with Crippen molar-refractivity contribution < 1.29 is 14.3 Å². The highest BCUT2D eigenvalue weighted by molar-refractivity contribution is 5.81. The van der Waals surface area contributed by atoms with Crippen LogP contribution in [0, 0.1) is 23.2 Å². The van der Waals surface area contributed by atoms with Gasteiger partial charge in [0, 0.05) is 50.6 Å². The number of rotatable bonds is 5. The molecule has 2 heterocycles. The predicted molar refractivity (Wildman–Crippen MR) is 101 cm³/mol. The molecule has 3 rings (SSSR count). The van der Waals surface area contributed by atoms with E-state index in [-0.39, 0.29) is 11.3 Å². The molecule has 6 nitrogen and oxygen atoms in total. The number of amides is 2. The number of likely N-dealkylation sites (tertiary alicyclic amines) is 1. The van der Waals surface area contributed by atoms with E-state index >= 15 is 0 Å². The number of fused-ring (bicyclic) bond motifs is 1. The minimum absolute atomic E-state index is 0.0987. The zero-order valence-corrected chi connectivity index (χ0v) is 16.8. The first-order chi connectivity index (χ1) is 12.3. The first-order valence-electron chi connectivity index (χ1n) is 10.1. The lowest BCUT2D eigenvalue weighted by Gasteiger charge is -2.31. The number of morpholine rings is 1. The first kappa shape index (κ1) is 19.6. The van der Waals surface area contributed by atoms with Gasteiger partial charge in [0.1, 0.15) is 0 Å².